The molecular formula is C37H57ClN3O3P. The Morgan fingerprint density at radius 3 is 2.00 bits per heavy atom. The van der Waals surface area contributed by atoms with Crippen molar-refractivity contribution in [3.63, 3.8) is 0 Å². The molecule has 6 nitrogen and oxygen atoms in total. The highest BCUT2D eigenvalue weighted by molar-refractivity contribution is 7.28. The zero-order valence-corrected chi connectivity index (χ0v) is 31.6. The molecule has 0 aliphatic heterocycles. The minimum Gasteiger partial charge on any atom is -0.458 e. The number of benzene rings is 1. The first-order valence-corrected chi connectivity index (χ1v) is 16.3. The highest BCUT2D eigenvalue weighted by Crippen LogP contribution is 2.38. The highest BCUT2D eigenvalue weighted by atomic mass is 35.5. The number of carbonyl (C=O) groups is 2. The Kier molecular flexibility index (Phi) is 22.2. The Bertz CT molecular complexity index is 1390. The molecule has 0 spiro atoms. The van der Waals surface area contributed by atoms with Gasteiger partial charge in [-0.2, -0.15) is 0 Å². The predicted octanol–water partition coefficient (Wildman–Crippen LogP) is 9.96. The molecule has 3 aromatic rings. The van der Waals surface area contributed by atoms with Crippen LogP contribution in [0.4, 0.5) is 0 Å². The van der Waals surface area contributed by atoms with Crippen molar-refractivity contribution in [2.24, 2.45) is 10.7 Å². The van der Waals surface area contributed by atoms with Crippen LogP contribution in [0, 0.1) is 0 Å². The SMILES string of the molecule is C=C/C=C(/C=O)N=C(C)C.CC=O.CCC(C)(C)c1cc2nc(-c3ccc(Cl)c(P)c3)cc(C(C)(C)C)c2o1.CCCC.CN. The van der Waals surface area contributed by atoms with Gasteiger partial charge in [-0.15, -0.1) is 9.24 Å². The quantitative estimate of drug-likeness (QED) is 0.0896. The molecule has 0 bridgehead atoms. The second-order valence-electron chi connectivity index (χ2n) is 11.8. The molecule has 1 aromatic carbocycles. The van der Waals surface area contributed by atoms with E-state index in [9.17, 15) is 4.79 Å². The van der Waals surface area contributed by atoms with Crippen molar-refractivity contribution in [2.45, 2.75) is 106 Å². The van der Waals surface area contributed by atoms with Crippen molar-refractivity contribution in [3.05, 3.63) is 71.1 Å². The van der Waals surface area contributed by atoms with Crippen LogP contribution in [0.2, 0.25) is 5.02 Å². The topological polar surface area (TPSA) is 98.5 Å². The molecule has 1 unspecified atom stereocenters. The Labute approximate surface area is 280 Å². The summed E-state index contributed by atoms with van der Waals surface area (Å²) in [4.78, 5) is 27.8. The third-order valence-corrected chi connectivity index (χ3v) is 7.40. The minimum atomic E-state index is -0.0440. The van der Waals surface area contributed by atoms with Crippen LogP contribution in [0.15, 0.2) is 64.2 Å². The smallest absolute Gasteiger partial charge is 0.168 e. The minimum absolute atomic E-state index is 0.0104. The number of aliphatic imine (C=N–C) groups is 1. The summed E-state index contributed by atoms with van der Waals surface area (Å²) in [5.74, 6) is 0.994. The van der Waals surface area contributed by atoms with Gasteiger partial charge < -0.3 is 14.9 Å². The number of aromatic nitrogens is 1. The number of fused-ring (bicyclic) bond motifs is 1. The number of rotatable bonds is 7. The van der Waals surface area contributed by atoms with Crippen LogP contribution in [0.3, 0.4) is 0 Å². The first-order valence-electron chi connectivity index (χ1n) is 15.3. The summed E-state index contributed by atoms with van der Waals surface area (Å²) < 4.78 is 6.33. The van der Waals surface area contributed by atoms with Crippen LogP contribution in [-0.4, -0.2) is 30.3 Å². The van der Waals surface area contributed by atoms with Crippen molar-refractivity contribution >= 4 is 55.5 Å². The molecule has 0 saturated heterocycles. The molecule has 0 fully saturated rings. The van der Waals surface area contributed by atoms with Gasteiger partial charge in [-0.3, -0.25) is 9.79 Å². The van der Waals surface area contributed by atoms with Gasteiger partial charge in [-0.05, 0) is 69.2 Å². The van der Waals surface area contributed by atoms with Crippen LogP contribution in [0.1, 0.15) is 107 Å². The van der Waals surface area contributed by atoms with Gasteiger partial charge in [0.1, 0.15) is 23.3 Å². The summed E-state index contributed by atoms with van der Waals surface area (Å²) in [5.41, 5.74) is 10.7. The summed E-state index contributed by atoms with van der Waals surface area (Å²) >= 11 is 6.18. The highest BCUT2D eigenvalue weighted by Gasteiger charge is 2.27. The van der Waals surface area contributed by atoms with Crippen LogP contribution < -0.4 is 11.0 Å². The summed E-state index contributed by atoms with van der Waals surface area (Å²) in [6.45, 7) is 26.2. The molecule has 0 saturated carbocycles. The number of allylic oxidation sites excluding steroid dienone is 3. The standard InChI is InChI=1S/C22H27ClNOP.C8H11NO.C4H10.C2H4O.CH5N/c1-7-22(5,6)19-12-17-20(25-19)14(21(2,3)4)11-16(24-17)13-8-9-15(23)18(26)10-13;1-4-5-8(6-10)9-7(2)3;1-3-4-2;1-2-3;1-2/h8-12H,7,26H2,1-6H3;4-6H,1H2,2-3H3;3-4H2,1-2H3;2H,1H3;2H2,1H3/b;8-5-;;;. The summed E-state index contributed by atoms with van der Waals surface area (Å²) in [6, 6.07) is 10.3. The number of unbranched alkanes of at least 4 members (excludes halogenated alkanes) is 1. The molecule has 8 heteroatoms. The average Bonchev–Trinajstić information content (AvgIpc) is 3.44. The van der Waals surface area contributed by atoms with E-state index in [1.807, 2.05) is 26.0 Å². The normalized spacial score (nSPS) is 10.8. The van der Waals surface area contributed by atoms with E-state index in [2.05, 4.69) is 100 Å². The second kappa shape index (κ2) is 22.6. The van der Waals surface area contributed by atoms with Crippen molar-refractivity contribution in [1.82, 2.24) is 4.98 Å². The second-order valence-corrected chi connectivity index (χ2v) is 12.9. The van der Waals surface area contributed by atoms with E-state index >= 15 is 0 Å². The van der Waals surface area contributed by atoms with Gasteiger partial charge in [0, 0.05) is 33.3 Å². The van der Waals surface area contributed by atoms with Gasteiger partial charge in [-0.25, -0.2) is 4.98 Å². The maximum absolute atomic E-state index is 10.2. The Hall–Kier alpha value is -2.92. The fourth-order valence-corrected chi connectivity index (χ4v) is 3.81. The molecule has 0 aliphatic rings. The lowest BCUT2D eigenvalue weighted by Gasteiger charge is -2.21. The van der Waals surface area contributed by atoms with Crippen LogP contribution >= 0.6 is 20.8 Å². The number of carbonyl (C=O) groups excluding carboxylic acids is 2. The number of nitrogens with two attached hydrogens (primary N) is 1. The largest absolute Gasteiger partial charge is 0.458 e. The molecule has 0 amide bonds. The Morgan fingerprint density at radius 1 is 1.04 bits per heavy atom. The van der Waals surface area contributed by atoms with Gasteiger partial charge in [0.2, 0.25) is 0 Å². The number of furan rings is 1. The zero-order chi connectivity index (χ0) is 35.4. The summed E-state index contributed by atoms with van der Waals surface area (Å²) in [5, 5.41) is 1.72. The van der Waals surface area contributed by atoms with Crippen molar-refractivity contribution in [2.75, 3.05) is 7.05 Å². The third kappa shape index (κ3) is 15.8. The molecule has 0 aliphatic carbocycles. The van der Waals surface area contributed by atoms with E-state index in [0.29, 0.717) is 12.0 Å². The molecule has 2 heterocycles. The number of aldehydes is 2. The maximum Gasteiger partial charge on any atom is 0.168 e. The Morgan fingerprint density at radius 2 is 1.60 bits per heavy atom. The van der Waals surface area contributed by atoms with E-state index in [1.165, 1.54) is 38.5 Å². The molecule has 2 N–H and O–H groups in total. The van der Waals surface area contributed by atoms with Crippen molar-refractivity contribution in [1.29, 1.82) is 0 Å². The van der Waals surface area contributed by atoms with E-state index in [4.69, 9.17) is 25.8 Å². The number of nitrogens with zero attached hydrogens (tertiary/aromatic N) is 2. The third-order valence-electron chi connectivity index (χ3n) is 6.39. The maximum atomic E-state index is 10.2. The van der Waals surface area contributed by atoms with E-state index in [1.54, 1.807) is 6.08 Å². The summed E-state index contributed by atoms with van der Waals surface area (Å²) in [7, 11) is 4.18. The van der Waals surface area contributed by atoms with Crippen molar-refractivity contribution in [3.8, 4) is 11.3 Å². The summed E-state index contributed by atoms with van der Waals surface area (Å²) in [6.07, 6.45) is 8.21. The van der Waals surface area contributed by atoms with Gasteiger partial charge in [0.05, 0.1) is 5.69 Å². The molecular weight excluding hydrogens is 601 g/mol. The monoisotopic (exact) mass is 657 g/mol. The van der Waals surface area contributed by atoms with E-state index in [0.717, 1.165) is 56.9 Å². The van der Waals surface area contributed by atoms with E-state index in [-0.39, 0.29) is 10.8 Å². The fourth-order valence-electron chi connectivity index (χ4n) is 3.42. The number of pyridine rings is 1. The molecule has 2 aromatic heterocycles. The van der Waals surface area contributed by atoms with Gasteiger partial charge in [0.25, 0.3) is 0 Å². The number of hydrogen-bond donors (Lipinski definition) is 1. The first kappa shape index (κ1) is 44.2. The van der Waals surface area contributed by atoms with Crippen molar-refractivity contribution < 1.29 is 14.0 Å². The van der Waals surface area contributed by atoms with Crippen LogP contribution in [-0.2, 0) is 20.4 Å². The lowest BCUT2D eigenvalue weighted by Crippen LogP contribution is -2.14. The fraction of sp³-hybridized carbons (Fsp3) is 0.459. The lowest BCUT2D eigenvalue weighted by molar-refractivity contribution is -0.106. The first-order chi connectivity index (χ1) is 21.1. The van der Waals surface area contributed by atoms with Crippen LogP contribution in [0.25, 0.3) is 22.4 Å². The molecule has 0 radical (unpaired) electrons. The predicted molar refractivity (Wildman–Crippen MR) is 201 cm³/mol. The lowest BCUT2D eigenvalue weighted by atomic mass is 9.86. The van der Waals surface area contributed by atoms with Crippen LogP contribution in [0.5, 0.6) is 0 Å². The molecule has 250 valence electrons. The van der Waals surface area contributed by atoms with Gasteiger partial charge >= 0.3 is 0 Å². The molecule has 3 rings (SSSR count). The molecule has 1 atom stereocenters. The molecule has 45 heavy (non-hydrogen) atoms. The number of hydrogen-bond acceptors (Lipinski definition) is 6. The van der Waals surface area contributed by atoms with E-state index < -0.39 is 0 Å². The zero-order valence-electron chi connectivity index (χ0n) is 29.7. The Balaban J connectivity index is 0. The van der Waals surface area contributed by atoms with Gasteiger partial charge in [0.15, 0.2) is 11.9 Å². The average molecular weight is 658 g/mol. The number of halogens is 1. The van der Waals surface area contributed by atoms with Gasteiger partial charge in [-0.1, -0.05) is 98.6 Å².